The molecule has 1 aliphatic rings. The summed E-state index contributed by atoms with van der Waals surface area (Å²) in [6.07, 6.45) is 5.65. The molecule has 0 atom stereocenters. The van der Waals surface area contributed by atoms with Gasteiger partial charge >= 0.3 is 6.03 Å². The predicted molar refractivity (Wildman–Crippen MR) is 136 cm³/mol. The minimum atomic E-state index is -0.412. The fourth-order valence-electron chi connectivity index (χ4n) is 4.59. The van der Waals surface area contributed by atoms with Gasteiger partial charge < -0.3 is 20.2 Å². The van der Waals surface area contributed by atoms with Crippen LogP contribution in [0.2, 0.25) is 0 Å². The minimum Gasteiger partial charge on any atom is -0.507 e. The normalized spacial score (nSPS) is 13.6. The number of phenols is 1. The molecule has 0 radical (unpaired) electrons. The summed E-state index contributed by atoms with van der Waals surface area (Å²) in [7, 11) is 0. The Balaban J connectivity index is 1.38. The Kier molecular flexibility index (Phi) is 6.58. The van der Waals surface area contributed by atoms with Gasteiger partial charge in [0, 0.05) is 29.8 Å². The Labute approximate surface area is 208 Å². The van der Waals surface area contributed by atoms with Crippen LogP contribution < -0.4 is 10.6 Å². The van der Waals surface area contributed by atoms with E-state index in [0.717, 1.165) is 42.5 Å². The maximum atomic E-state index is 13.2. The van der Waals surface area contributed by atoms with Crippen molar-refractivity contribution in [3.8, 4) is 17.0 Å². The van der Waals surface area contributed by atoms with Crippen LogP contribution in [0.4, 0.5) is 10.5 Å². The second kappa shape index (κ2) is 10.1. The van der Waals surface area contributed by atoms with E-state index in [9.17, 15) is 14.7 Å². The Morgan fingerprint density at radius 1 is 1.08 bits per heavy atom. The average molecular weight is 485 g/mol. The van der Waals surface area contributed by atoms with Gasteiger partial charge in [-0.1, -0.05) is 42.7 Å². The Morgan fingerprint density at radius 2 is 1.86 bits per heavy atom. The summed E-state index contributed by atoms with van der Waals surface area (Å²) in [5, 5.41) is 21.0. The summed E-state index contributed by atoms with van der Waals surface area (Å²) in [5.41, 5.74) is 4.42. The van der Waals surface area contributed by atoms with E-state index in [0.29, 0.717) is 23.5 Å². The van der Waals surface area contributed by atoms with Crippen molar-refractivity contribution < 1.29 is 19.1 Å². The van der Waals surface area contributed by atoms with Gasteiger partial charge in [-0.2, -0.15) is 9.78 Å². The van der Waals surface area contributed by atoms with Gasteiger partial charge in [0.25, 0.3) is 5.91 Å². The van der Waals surface area contributed by atoms with Gasteiger partial charge in [-0.25, -0.2) is 4.79 Å². The predicted octanol–water partition coefficient (Wildman–Crippen LogP) is 5.82. The third-order valence-electron chi connectivity index (χ3n) is 6.54. The third-order valence-corrected chi connectivity index (χ3v) is 6.54. The van der Waals surface area contributed by atoms with Gasteiger partial charge in [-0.3, -0.25) is 4.79 Å². The van der Waals surface area contributed by atoms with Crippen molar-refractivity contribution in [3.63, 3.8) is 0 Å². The first kappa shape index (κ1) is 23.4. The van der Waals surface area contributed by atoms with Gasteiger partial charge in [0.15, 0.2) is 5.76 Å². The van der Waals surface area contributed by atoms with Crippen molar-refractivity contribution in [1.29, 1.82) is 0 Å². The van der Waals surface area contributed by atoms with E-state index in [2.05, 4.69) is 15.7 Å². The SMILES string of the molecule is Cc1ccc(CNC(=O)n2nc(-c3ccc(NC(=O)c4ccco4)cc3O)cc2C2CCCC2)cc1. The van der Waals surface area contributed by atoms with E-state index in [1.807, 2.05) is 37.3 Å². The molecular weight excluding hydrogens is 456 g/mol. The van der Waals surface area contributed by atoms with E-state index in [-0.39, 0.29) is 23.5 Å². The maximum Gasteiger partial charge on any atom is 0.342 e. The van der Waals surface area contributed by atoms with E-state index < -0.39 is 5.91 Å². The lowest BCUT2D eigenvalue weighted by atomic mass is 10.0. The van der Waals surface area contributed by atoms with E-state index in [1.165, 1.54) is 17.0 Å². The first-order chi connectivity index (χ1) is 17.5. The number of hydrogen-bond donors (Lipinski definition) is 3. The summed E-state index contributed by atoms with van der Waals surface area (Å²) >= 11 is 0. The van der Waals surface area contributed by atoms with Gasteiger partial charge in [0.05, 0.1) is 17.7 Å². The molecule has 3 N–H and O–H groups in total. The molecule has 8 heteroatoms. The van der Waals surface area contributed by atoms with Gasteiger partial charge in [-0.15, -0.1) is 0 Å². The second-order valence-electron chi connectivity index (χ2n) is 9.16. The minimum absolute atomic E-state index is 0.0464. The van der Waals surface area contributed by atoms with Crippen LogP contribution >= 0.6 is 0 Å². The number of aromatic nitrogens is 2. The fraction of sp³-hybridized carbons (Fsp3) is 0.250. The van der Waals surface area contributed by atoms with Crippen LogP contribution in [0.5, 0.6) is 5.75 Å². The van der Waals surface area contributed by atoms with Crippen LogP contribution in [0.15, 0.2) is 71.3 Å². The van der Waals surface area contributed by atoms with Gasteiger partial charge in [0.1, 0.15) is 5.75 Å². The molecule has 5 rings (SSSR count). The topological polar surface area (TPSA) is 109 Å². The van der Waals surface area contributed by atoms with Crippen LogP contribution in [-0.4, -0.2) is 26.8 Å². The molecule has 8 nitrogen and oxygen atoms in total. The van der Waals surface area contributed by atoms with Crippen molar-refractivity contribution in [1.82, 2.24) is 15.1 Å². The molecule has 0 bridgehead atoms. The molecule has 2 heterocycles. The zero-order valence-electron chi connectivity index (χ0n) is 20.0. The van der Waals surface area contributed by atoms with E-state index >= 15 is 0 Å². The number of rotatable bonds is 6. The van der Waals surface area contributed by atoms with Crippen LogP contribution in [0.1, 0.15) is 59.0 Å². The fourth-order valence-corrected chi connectivity index (χ4v) is 4.59. The van der Waals surface area contributed by atoms with Crippen molar-refractivity contribution in [2.24, 2.45) is 0 Å². The molecule has 1 saturated carbocycles. The van der Waals surface area contributed by atoms with Crippen molar-refractivity contribution >= 4 is 17.6 Å². The molecule has 1 fully saturated rings. The lowest BCUT2D eigenvalue weighted by molar-refractivity contribution is 0.0996. The number of aryl methyl sites for hydroxylation is 1. The zero-order chi connectivity index (χ0) is 25.1. The van der Waals surface area contributed by atoms with Gasteiger partial charge in [-0.05, 0) is 55.7 Å². The summed E-state index contributed by atoms with van der Waals surface area (Å²) < 4.78 is 6.54. The molecule has 36 heavy (non-hydrogen) atoms. The molecule has 2 amide bonds. The smallest absolute Gasteiger partial charge is 0.342 e. The van der Waals surface area contributed by atoms with Crippen molar-refractivity contribution in [2.45, 2.75) is 45.1 Å². The summed E-state index contributed by atoms with van der Waals surface area (Å²) in [6.45, 7) is 2.42. The number of nitrogens with one attached hydrogen (secondary N) is 2. The number of carbonyl (C=O) groups is 2. The van der Waals surface area contributed by atoms with Crippen molar-refractivity contribution in [3.05, 3.63) is 89.5 Å². The van der Waals surface area contributed by atoms with Crippen molar-refractivity contribution in [2.75, 3.05) is 5.32 Å². The molecule has 1 aliphatic carbocycles. The van der Waals surface area contributed by atoms with Crippen LogP contribution in [-0.2, 0) is 6.54 Å². The molecule has 2 aromatic heterocycles. The highest BCUT2D eigenvalue weighted by Gasteiger charge is 2.26. The number of anilines is 1. The molecule has 2 aromatic carbocycles. The lowest BCUT2D eigenvalue weighted by Gasteiger charge is -2.12. The molecular formula is C28H28N4O4. The van der Waals surface area contributed by atoms with Crippen LogP contribution in [0, 0.1) is 6.92 Å². The quantitative estimate of drug-likeness (QED) is 0.319. The number of phenolic OH excluding ortho intramolecular Hbond substituents is 1. The Hall–Kier alpha value is -4.33. The Morgan fingerprint density at radius 3 is 2.56 bits per heavy atom. The molecule has 4 aromatic rings. The number of carbonyl (C=O) groups excluding carboxylic acids is 2. The second-order valence-corrected chi connectivity index (χ2v) is 9.16. The number of nitrogens with zero attached hydrogens (tertiary/aromatic N) is 2. The molecule has 0 unspecified atom stereocenters. The monoisotopic (exact) mass is 484 g/mol. The maximum absolute atomic E-state index is 13.2. The lowest BCUT2D eigenvalue weighted by Crippen LogP contribution is -2.30. The summed E-state index contributed by atoms with van der Waals surface area (Å²) in [6, 6.07) is 17.6. The van der Waals surface area contributed by atoms with Crippen LogP contribution in [0.25, 0.3) is 11.3 Å². The van der Waals surface area contributed by atoms with Crippen LogP contribution in [0.3, 0.4) is 0 Å². The molecule has 184 valence electrons. The highest BCUT2D eigenvalue weighted by molar-refractivity contribution is 6.02. The highest BCUT2D eigenvalue weighted by atomic mass is 16.3. The summed E-state index contributed by atoms with van der Waals surface area (Å²) in [4.78, 5) is 25.4. The molecule has 0 aliphatic heterocycles. The number of furan rings is 1. The first-order valence-electron chi connectivity index (χ1n) is 12.1. The highest BCUT2D eigenvalue weighted by Crippen LogP contribution is 2.38. The summed E-state index contributed by atoms with van der Waals surface area (Å²) in [5.74, 6) is -0.0411. The number of aromatic hydroxyl groups is 1. The van der Waals surface area contributed by atoms with E-state index in [4.69, 9.17) is 4.42 Å². The number of amides is 2. The number of benzene rings is 2. The zero-order valence-corrected chi connectivity index (χ0v) is 20.0. The number of hydrogen-bond acceptors (Lipinski definition) is 5. The average Bonchev–Trinajstić information content (AvgIpc) is 3.65. The Bertz CT molecular complexity index is 1370. The van der Waals surface area contributed by atoms with Gasteiger partial charge in [0.2, 0.25) is 0 Å². The molecule has 0 spiro atoms. The third kappa shape index (κ3) is 5.02. The molecule has 0 saturated heterocycles. The largest absolute Gasteiger partial charge is 0.507 e. The standard InChI is InChI=1S/C28H28N4O4/c1-18-8-10-19(11-9-18)17-29-28(35)32-24(20-5-2-3-6-20)16-23(31-32)22-13-12-21(15-25(22)33)30-27(34)26-7-4-14-36-26/h4,7-16,20,33H,2-3,5-6,17H2,1H3,(H,29,35)(H,30,34). The first-order valence-corrected chi connectivity index (χ1v) is 12.1. The van der Waals surface area contributed by atoms with E-state index in [1.54, 1.807) is 24.3 Å².